The number of fused-ring (bicyclic) bond motifs is 1. The Balaban J connectivity index is 1.78. The zero-order valence-corrected chi connectivity index (χ0v) is 23.7. The van der Waals surface area contributed by atoms with E-state index < -0.39 is 17.3 Å². The van der Waals surface area contributed by atoms with Gasteiger partial charge >= 0.3 is 0 Å². The molecule has 3 saturated carbocycles. The highest BCUT2D eigenvalue weighted by Crippen LogP contribution is 2.60. The molecular weight excluding hydrogens is 448 g/mol. The first-order valence-electron chi connectivity index (χ1n) is 14.6. The maximum Gasteiger partial charge on any atom is 0.0849 e. The lowest BCUT2D eigenvalue weighted by atomic mass is 9.60. The van der Waals surface area contributed by atoms with Crippen LogP contribution in [0.1, 0.15) is 118 Å². The number of aliphatic hydroxyl groups excluding tert-OH is 2. The number of allylic oxidation sites excluding steroid dienone is 3. The van der Waals surface area contributed by atoms with Gasteiger partial charge in [-0.15, -0.1) is 0 Å². The molecule has 0 aromatic heterocycles. The van der Waals surface area contributed by atoms with Crippen LogP contribution in [0.4, 0.5) is 0 Å². The Morgan fingerprint density at radius 1 is 1.00 bits per heavy atom. The van der Waals surface area contributed by atoms with Crippen LogP contribution in [-0.4, -0.2) is 43.8 Å². The summed E-state index contributed by atoms with van der Waals surface area (Å²) in [7, 11) is 0. The summed E-state index contributed by atoms with van der Waals surface area (Å²) in [4.78, 5) is 0. The summed E-state index contributed by atoms with van der Waals surface area (Å²) in [5.41, 5.74) is 2.21. The van der Waals surface area contributed by atoms with Crippen molar-refractivity contribution in [3.05, 3.63) is 35.5 Å². The van der Waals surface area contributed by atoms with E-state index >= 15 is 0 Å². The van der Waals surface area contributed by atoms with Crippen LogP contribution in [0.2, 0.25) is 0 Å². The molecule has 0 aromatic rings. The molecule has 3 rings (SSSR count). The second-order valence-corrected chi connectivity index (χ2v) is 13.7. The lowest BCUT2D eigenvalue weighted by molar-refractivity contribution is -0.0563. The minimum Gasteiger partial charge on any atom is -0.390 e. The molecule has 206 valence electrons. The highest BCUT2D eigenvalue weighted by Gasteiger charge is 2.51. The smallest absolute Gasteiger partial charge is 0.0849 e. The summed E-state index contributed by atoms with van der Waals surface area (Å²) in [5, 5.41) is 41.4. The molecule has 0 aromatic carbocycles. The van der Waals surface area contributed by atoms with E-state index in [9.17, 15) is 20.4 Å². The summed E-state index contributed by atoms with van der Waals surface area (Å²) in [6.45, 7) is 13.8. The van der Waals surface area contributed by atoms with Gasteiger partial charge in [0.25, 0.3) is 0 Å². The summed E-state index contributed by atoms with van der Waals surface area (Å²) >= 11 is 0. The molecular formula is C32H54O4. The number of hydrogen-bond acceptors (Lipinski definition) is 4. The predicted molar refractivity (Wildman–Crippen MR) is 149 cm³/mol. The Hall–Kier alpha value is -0.940. The van der Waals surface area contributed by atoms with E-state index in [1.54, 1.807) is 19.4 Å². The topological polar surface area (TPSA) is 80.9 Å². The zero-order valence-electron chi connectivity index (χ0n) is 23.7. The molecule has 6 atom stereocenters. The highest BCUT2D eigenvalue weighted by molar-refractivity contribution is 5.37. The molecule has 0 radical (unpaired) electrons. The fraction of sp³-hybridized carbons (Fsp3) is 0.812. The largest absolute Gasteiger partial charge is 0.390 e. The minimum atomic E-state index is -1.08. The van der Waals surface area contributed by atoms with Crippen molar-refractivity contribution in [2.75, 3.05) is 0 Å². The average molecular weight is 503 g/mol. The molecule has 0 heterocycles. The Morgan fingerprint density at radius 2 is 1.72 bits per heavy atom. The summed E-state index contributed by atoms with van der Waals surface area (Å²) < 4.78 is 0. The summed E-state index contributed by atoms with van der Waals surface area (Å²) in [6, 6.07) is 0. The first-order chi connectivity index (χ1) is 16.7. The van der Waals surface area contributed by atoms with Gasteiger partial charge in [-0.05, 0) is 133 Å². The predicted octanol–water partition coefficient (Wildman–Crippen LogP) is 6.63. The molecule has 3 aliphatic carbocycles. The third kappa shape index (κ3) is 7.34. The summed E-state index contributed by atoms with van der Waals surface area (Å²) in [6.07, 6.45) is 16.8. The molecule has 3 aliphatic rings. The van der Waals surface area contributed by atoms with Gasteiger partial charge in [-0.25, -0.2) is 0 Å². The quantitative estimate of drug-likeness (QED) is 0.270. The second kappa shape index (κ2) is 11.8. The van der Waals surface area contributed by atoms with Crippen LogP contribution in [-0.2, 0) is 0 Å². The summed E-state index contributed by atoms with van der Waals surface area (Å²) in [5.74, 6) is 1.68. The van der Waals surface area contributed by atoms with Crippen LogP contribution in [0.3, 0.4) is 0 Å². The zero-order chi connectivity index (χ0) is 26.7. The standard InChI is InChI=1S/C32H54O4/c1-22-23(10-7-13-28(22)33)14-15-24-12-9-21-32(6)26(24)17-18-27(32)25(11-8-20-30(2,3)35)16-19-29(34)31(4,5)36/h14-15,25-29,33-36H,1,7-13,16-21H2,2-6H3/b23-14-,24-15+/t25-,26+,27-,28+,29-,32+/m1/s1. The van der Waals surface area contributed by atoms with E-state index in [-0.39, 0.29) is 11.5 Å². The maximum absolute atomic E-state index is 10.6. The van der Waals surface area contributed by atoms with E-state index in [1.165, 1.54) is 31.3 Å². The highest BCUT2D eigenvalue weighted by atomic mass is 16.3. The van der Waals surface area contributed by atoms with Crippen molar-refractivity contribution in [3.63, 3.8) is 0 Å². The van der Waals surface area contributed by atoms with Crippen LogP contribution in [0.25, 0.3) is 0 Å². The molecule has 0 amide bonds. The molecule has 4 nitrogen and oxygen atoms in total. The fourth-order valence-corrected chi connectivity index (χ4v) is 7.56. The van der Waals surface area contributed by atoms with Crippen LogP contribution < -0.4 is 0 Å². The average Bonchev–Trinajstić information content (AvgIpc) is 3.13. The van der Waals surface area contributed by atoms with Gasteiger partial charge in [0.05, 0.1) is 23.4 Å². The Bertz CT molecular complexity index is 811. The van der Waals surface area contributed by atoms with Gasteiger partial charge in [0, 0.05) is 0 Å². The van der Waals surface area contributed by atoms with E-state index in [1.807, 2.05) is 13.8 Å². The lowest BCUT2D eigenvalue weighted by Crippen LogP contribution is -2.39. The van der Waals surface area contributed by atoms with Gasteiger partial charge in [-0.3, -0.25) is 0 Å². The SMILES string of the molecule is C=C1/C(=C\C=C2/CCC[C@]3(C)[C@@H]([C@H](CCCC(C)(C)O)CC[C@@H](O)C(C)(C)O)CC[C@@H]23)CCC[C@@H]1O. The van der Waals surface area contributed by atoms with E-state index in [0.717, 1.165) is 56.9 Å². The number of hydrogen-bond donors (Lipinski definition) is 4. The first-order valence-corrected chi connectivity index (χ1v) is 14.6. The lowest BCUT2D eigenvalue weighted by Gasteiger charge is -2.45. The van der Waals surface area contributed by atoms with Crippen molar-refractivity contribution in [1.82, 2.24) is 0 Å². The van der Waals surface area contributed by atoms with Gasteiger partial charge in [0.1, 0.15) is 0 Å². The fourth-order valence-electron chi connectivity index (χ4n) is 7.56. The molecule has 3 fully saturated rings. The minimum absolute atomic E-state index is 0.255. The third-order valence-electron chi connectivity index (χ3n) is 9.83. The van der Waals surface area contributed by atoms with Crippen molar-refractivity contribution in [2.45, 2.75) is 141 Å². The molecule has 0 unspecified atom stereocenters. The Labute approximate surface area is 220 Å². The van der Waals surface area contributed by atoms with Gasteiger partial charge in [-0.2, -0.15) is 0 Å². The van der Waals surface area contributed by atoms with Gasteiger partial charge in [-0.1, -0.05) is 44.1 Å². The van der Waals surface area contributed by atoms with E-state index in [2.05, 4.69) is 25.7 Å². The maximum atomic E-state index is 10.6. The molecule has 4 heteroatoms. The molecule has 0 bridgehead atoms. The van der Waals surface area contributed by atoms with Crippen molar-refractivity contribution in [1.29, 1.82) is 0 Å². The van der Waals surface area contributed by atoms with Gasteiger partial charge in [0.15, 0.2) is 0 Å². The van der Waals surface area contributed by atoms with Crippen LogP contribution in [0.5, 0.6) is 0 Å². The second-order valence-electron chi connectivity index (χ2n) is 13.7. The Morgan fingerprint density at radius 3 is 2.39 bits per heavy atom. The molecule has 36 heavy (non-hydrogen) atoms. The molecule has 0 spiro atoms. The number of aliphatic hydroxyl groups is 4. The third-order valence-corrected chi connectivity index (χ3v) is 9.83. The molecule has 4 N–H and O–H groups in total. The van der Waals surface area contributed by atoms with Crippen molar-refractivity contribution < 1.29 is 20.4 Å². The monoisotopic (exact) mass is 502 g/mol. The van der Waals surface area contributed by atoms with Crippen LogP contribution >= 0.6 is 0 Å². The molecule has 0 saturated heterocycles. The Kier molecular flexibility index (Phi) is 9.74. The molecule has 0 aliphatic heterocycles. The van der Waals surface area contributed by atoms with Gasteiger partial charge in [0.2, 0.25) is 0 Å². The van der Waals surface area contributed by atoms with E-state index in [0.29, 0.717) is 24.2 Å². The van der Waals surface area contributed by atoms with Crippen molar-refractivity contribution >= 4 is 0 Å². The van der Waals surface area contributed by atoms with E-state index in [4.69, 9.17) is 0 Å². The first kappa shape index (κ1) is 29.6. The van der Waals surface area contributed by atoms with Crippen molar-refractivity contribution in [3.8, 4) is 0 Å². The number of rotatable bonds is 10. The van der Waals surface area contributed by atoms with Crippen LogP contribution in [0, 0.1) is 23.2 Å². The van der Waals surface area contributed by atoms with Gasteiger partial charge < -0.3 is 20.4 Å². The normalized spacial score (nSPS) is 33.7. The van der Waals surface area contributed by atoms with Crippen molar-refractivity contribution in [2.24, 2.45) is 23.2 Å². The van der Waals surface area contributed by atoms with Crippen LogP contribution in [0.15, 0.2) is 35.5 Å².